The fraction of sp³-hybridized carbons (Fsp3) is 0.357. The Morgan fingerprint density at radius 2 is 1.73 bits per heavy atom. The Morgan fingerprint density at radius 1 is 1.09 bits per heavy atom. The minimum absolute atomic E-state index is 0.0936. The second-order valence-corrected chi connectivity index (χ2v) is 4.16. The fourth-order valence-corrected chi connectivity index (χ4v) is 1.99. The standard InChI is InChI=1S/C14H17N3O5/c1-5-22-14(18)12-11(15-17-16-12)8-6-9(19-2)13(21-4)10(7-8)20-3/h6-7H,5H2,1-4H3,(H,15,16,17). The van der Waals surface area contributed by atoms with Crippen molar-refractivity contribution in [3.8, 4) is 28.5 Å². The Labute approximate surface area is 127 Å². The lowest BCUT2D eigenvalue weighted by Gasteiger charge is -2.13. The Morgan fingerprint density at radius 3 is 2.23 bits per heavy atom. The summed E-state index contributed by atoms with van der Waals surface area (Å²) in [6.07, 6.45) is 0. The molecule has 0 atom stereocenters. The van der Waals surface area contributed by atoms with Crippen LogP contribution in [-0.4, -0.2) is 49.3 Å². The molecule has 1 heterocycles. The van der Waals surface area contributed by atoms with Crippen LogP contribution >= 0.6 is 0 Å². The predicted octanol–water partition coefficient (Wildman–Crippen LogP) is 1.67. The van der Waals surface area contributed by atoms with Gasteiger partial charge in [-0.05, 0) is 19.1 Å². The number of ether oxygens (including phenoxy) is 4. The summed E-state index contributed by atoms with van der Waals surface area (Å²) in [5.41, 5.74) is 1.03. The summed E-state index contributed by atoms with van der Waals surface area (Å²) in [5, 5.41) is 10.3. The first kappa shape index (κ1) is 15.6. The quantitative estimate of drug-likeness (QED) is 0.811. The molecule has 0 aliphatic carbocycles. The Bertz CT molecular complexity index is 643. The molecule has 0 fully saturated rings. The van der Waals surface area contributed by atoms with Crippen molar-refractivity contribution in [2.75, 3.05) is 27.9 Å². The molecular weight excluding hydrogens is 290 g/mol. The van der Waals surface area contributed by atoms with Crippen molar-refractivity contribution in [3.63, 3.8) is 0 Å². The molecule has 8 heteroatoms. The van der Waals surface area contributed by atoms with E-state index in [0.29, 0.717) is 28.5 Å². The maximum Gasteiger partial charge on any atom is 0.361 e. The van der Waals surface area contributed by atoms with Gasteiger partial charge in [0.15, 0.2) is 17.2 Å². The monoisotopic (exact) mass is 307 g/mol. The average Bonchev–Trinajstić information content (AvgIpc) is 3.03. The normalized spacial score (nSPS) is 10.2. The van der Waals surface area contributed by atoms with Crippen LogP contribution in [0.15, 0.2) is 12.1 Å². The maximum atomic E-state index is 11.9. The average molecular weight is 307 g/mol. The van der Waals surface area contributed by atoms with Crippen molar-refractivity contribution < 1.29 is 23.7 Å². The van der Waals surface area contributed by atoms with E-state index in [0.717, 1.165) is 0 Å². The summed E-state index contributed by atoms with van der Waals surface area (Å²) in [4.78, 5) is 11.9. The third kappa shape index (κ3) is 2.80. The number of H-pyrrole nitrogens is 1. The molecule has 0 unspecified atom stereocenters. The Kier molecular flexibility index (Phi) is 4.82. The third-order valence-corrected chi connectivity index (χ3v) is 2.95. The molecule has 0 bridgehead atoms. The summed E-state index contributed by atoms with van der Waals surface area (Å²) in [6.45, 7) is 1.97. The molecule has 1 aromatic heterocycles. The van der Waals surface area contributed by atoms with E-state index in [2.05, 4.69) is 15.4 Å². The van der Waals surface area contributed by atoms with Crippen LogP contribution in [0.5, 0.6) is 17.2 Å². The molecule has 0 aliphatic heterocycles. The van der Waals surface area contributed by atoms with Gasteiger partial charge < -0.3 is 18.9 Å². The number of nitrogens with one attached hydrogen (secondary N) is 1. The van der Waals surface area contributed by atoms with Gasteiger partial charge in [0, 0.05) is 5.56 Å². The van der Waals surface area contributed by atoms with Crippen molar-refractivity contribution in [2.45, 2.75) is 6.92 Å². The van der Waals surface area contributed by atoms with Crippen LogP contribution in [0, 0.1) is 0 Å². The summed E-state index contributed by atoms with van der Waals surface area (Å²) < 4.78 is 20.8. The summed E-state index contributed by atoms with van der Waals surface area (Å²) in [7, 11) is 4.53. The van der Waals surface area contributed by atoms with Gasteiger partial charge in [0.2, 0.25) is 5.75 Å². The molecule has 2 aromatic rings. The molecule has 0 spiro atoms. The van der Waals surface area contributed by atoms with Gasteiger partial charge >= 0.3 is 5.97 Å². The van der Waals surface area contributed by atoms with Crippen molar-refractivity contribution in [3.05, 3.63) is 17.8 Å². The number of benzene rings is 1. The lowest BCUT2D eigenvalue weighted by atomic mass is 10.1. The van der Waals surface area contributed by atoms with Crippen molar-refractivity contribution in [1.29, 1.82) is 0 Å². The highest BCUT2D eigenvalue weighted by atomic mass is 16.5. The number of hydrogen-bond donors (Lipinski definition) is 1. The Hall–Kier alpha value is -2.77. The Balaban J connectivity index is 2.54. The highest BCUT2D eigenvalue weighted by Gasteiger charge is 2.22. The van der Waals surface area contributed by atoms with E-state index < -0.39 is 5.97 Å². The zero-order valence-corrected chi connectivity index (χ0v) is 12.8. The van der Waals surface area contributed by atoms with Gasteiger partial charge in [-0.3, -0.25) is 0 Å². The van der Waals surface area contributed by atoms with Gasteiger partial charge in [-0.2, -0.15) is 10.3 Å². The van der Waals surface area contributed by atoms with Crippen LogP contribution in [0.4, 0.5) is 0 Å². The van der Waals surface area contributed by atoms with Crippen LogP contribution in [0.3, 0.4) is 0 Å². The maximum absolute atomic E-state index is 11.9. The van der Waals surface area contributed by atoms with Gasteiger partial charge in [0.25, 0.3) is 0 Å². The topological polar surface area (TPSA) is 95.6 Å². The van der Waals surface area contributed by atoms with Crippen LogP contribution in [0.25, 0.3) is 11.3 Å². The molecule has 22 heavy (non-hydrogen) atoms. The van der Waals surface area contributed by atoms with E-state index in [4.69, 9.17) is 18.9 Å². The van der Waals surface area contributed by atoms with Crippen LogP contribution < -0.4 is 14.2 Å². The molecule has 1 N–H and O–H groups in total. The number of rotatable bonds is 6. The van der Waals surface area contributed by atoms with Crippen LogP contribution in [0.2, 0.25) is 0 Å². The third-order valence-electron chi connectivity index (χ3n) is 2.95. The summed E-state index contributed by atoms with van der Waals surface area (Å²) in [6, 6.07) is 3.36. The van der Waals surface area contributed by atoms with Gasteiger partial charge in [-0.15, -0.1) is 5.10 Å². The second-order valence-electron chi connectivity index (χ2n) is 4.16. The predicted molar refractivity (Wildman–Crippen MR) is 77.4 cm³/mol. The molecule has 118 valence electrons. The van der Waals surface area contributed by atoms with Crippen LogP contribution in [-0.2, 0) is 4.74 Å². The molecule has 0 radical (unpaired) electrons. The van der Waals surface area contributed by atoms with Gasteiger partial charge in [0.1, 0.15) is 5.69 Å². The first-order valence-corrected chi connectivity index (χ1v) is 6.54. The second kappa shape index (κ2) is 6.79. The molecule has 0 saturated carbocycles. The number of carbonyl (C=O) groups excluding carboxylic acids is 1. The number of hydrogen-bond acceptors (Lipinski definition) is 7. The highest BCUT2D eigenvalue weighted by molar-refractivity contribution is 5.94. The van der Waals surface area contributed by atoms with E-state index >= 15 is 0 Å². The number of esters is 1. The number of aromatic nitrogens is 3. The van der Waals surface area contributed by atoms with E-state index in [1.165, 1.54) is 21.3 Å². The van der Waals surface area contributed by atoms with Gasteiger partial charge in [0.05, 0.1) is 27.9 Å². The van der Waals surface area contributed by atoms with Gasteiger partial charge in [-0.25, -0.2) is 4.79 Å². The van der Waals surface area contributed by atoms with Crippen molar-refractivity contribution >= 4 is 5.97 Å². The smallest absolute Gasteiger partial charge is 0.361 e. The van der Waals surface area contributed by atoms with Crippen LogP contribution in [0.1, 0.15) is 17.4 Å². The first-order chi connectivity index (χ1) is 10.7. The largest absolute Gasteiger partial charge is 0.493 e. The minimum Gasteiger partial charge on any atom is -0.493 e. The number of carbonyl (C=O) groups is 1. The lowest BCUT2D eigenvalue weighted by Crippen LogP contribution is -2.07. The number of nitrogens with zero attached hydrogens (tertiary/aromatic N) is 2. The fourth-order valence-electron chi connectivity index (χ4n) is 1.99. The molecule has 1 aromatic carbocycles. The first-order valence-electron chi connectivity index (χ1n) is 6.54. The molecular formula is C14H17N3O5. The summed E-state index contributed by atoms with van der Waals surface area (Å²) in [5.74, 6) is 0.805. The van der Waals surface area contributed by atoms with Gasteiger partial charge in [-0.1, -0.05) is 0 Å². The summed E-state index contributed by atoms with van der Waals surface area (Å²) >= 11 is 0. The zero-order valence-electron chi connectivity index (χ0n) is 12.8. The minimum atomic E-state index is -0.556. The zero-order chi connectivity index (χ0) is 16.1. The van der Waals surface area contributed by atoms with E-state index in [1.807, 2.05) is 0 Å². The highest BCUT2D eigenvalue weighted by Crippen LogP contribution is 2.41. The SMILES string of the molecule is CCOC(=O)c1n[nH]nc1-c1cc(OC)c(OC)c(OC)c1. The molecule has 2 rings (SSSR count). The molecule has 0 saturated heterocycles. The molecule has 8 nitrogen and oxygen atoms in total. The van der Waals surface area contributed by atoms with E-state index in [1.54, 1.807) is 19.1 Å². The van der Waals surface area contributed by atoms with E-state index in [9.17, 15) is 4.79 Å². The molecule has 0 amide bonds. The van der Waals surface area contributed by atoms with E-state index in [-0.39, 0.29) is 12.3 Å². The number of methoxy groups -OCH3 is 3. The van der Waals surface area contributed by atoms with Crippen molar-refractivity contribution in [1.82, 2.24) is 15.4 Å². The molecule has 0 aliphatic rings. The number of aromatic amines is 1. The van der Waals surface area contributed by atoms with Crippen molar-refractivity contribution in [2.24, 2.45) is 0 Å². The lowest BCUT2D eigenvalue weighted by molar-refractivity contribution is 0.0520.